The fraction of sp³-hybridized carbons (Fsp3) is 0.154. The number of carbonyl (C=O) groups is 4. The van der Waals surface area contributed by atoms with Crippen LogP contribution >= 0.6 is 0 Å². The Kier molecular flexibility index (Phi) is 7.17. The Morgan fingerprint density at radius 1 is 0.949 bits per heavy atom. The summed E-state index contributed by atoms with van der Waals surface area (Å²) in [6.45, 7) is 0.565. The van der Waals surface area contributed by atoms with E-state index in [0.29, 0.717) is 12.1 Å². The van der Waals surface area contributed by atoms with Crippen molar-refractivity contribution in [2.24, 2.45) is 0 Å². The second-order valence-electron chi connectivity index (χ2n) is 8.43. The molecule has 1 amide bonds. The number of anilines is 2. The number of nitrogens with one attached hydrogen (secondary N) is 2. The molecule has 13 heteroatoms. The van der Waals surface area contributed by atoms with Crippen LogP contribution in [0.3, 0.4) is 0 Å². The van der Waals surface area contributed by atoms with E-state index < -0.39 is 46.9 Å². The summed E-state index contributed by atoms with van der Waals surface area (Å²) >= 11 is 0. The van der Waals surface area contributed by atoms with Crippen LogP contribution in [0, 0.1) is 10.1 Å². The number of benzene rings is 3. The van der Waals surface area contributed by atoms with Gasteiger partial charge in [0.05, 0.1) is 10.5 Å². The van der Waals surface area contributed by atoms with Gasteiger partial charge in [-0.3, -0.25) is 29.3 Å². The van der Waals surface area contributed by atoms with Crippen LogP contribution in [0.1, 0.15) is 44.3 Å². The topological polar surface area (TPSA) is 145 Å². The first-order valence-corrected chi connectivity index (χ1v) is 11.3. The lowest BCUT2D eigenvalue weighted by Gasteiger charge is -2.19. The van der Waals surface area contributed by atoms with E-state index in [4.69, 9.17) is 4.74 Å². The molecule has 1 atom stereocenters. The third kappa shape index (κ3) is 5.61. The highest BCUT2D eigenvalue weighted by Crippen LogP contribution is 2.35. The number of hydrogen-bond donors (Lipinski definition) is 2. The van der Waals surface area contributed by atoms with Crippen molar-refractivity contribution >= 4 is 40.5 Å². The van der Waals surface area contributed by atoms with Gasteiger partial charge < -0.3 is 15.4 Å². The molecule has 3 aromatic carbocycles. The SMILES string of the molecule is C[C@H](OC(=O)CNc1ccc(C(F)(F)F)cc1[N+](=O)[O-])C(=O)Nc1ccc2c(c1)C(=O)c1ccccc1C2=O. The molecule has 0 radical (unpaired) electrons. The molecule has 200 valence electrons. The molecule has 0 fully saturated rings. The monoisotopic (exact) mass is 541 g/mol. The van der Waals surface area contributed by atoms with E-state index in [1.807, 2.05) is 0 Å². The Bertz CT molecular complexity index is 1540. The maximum absolute atomic E-state index is 12.9. The van der Waals surface area contributed by atoms with Gasteiger partial charge in [0.15, 0.2) is 17.7 Å². The Balaban J connectivity index is 1.38. The van der Waals surface area contributed by atoms with E-state index in [9.17, 15) is 42.5 Å². The number of fused-ring (bicyclic) bond motifs is 2. The lowest BCUT2D eigenvalue weighted by atomic mass is 9.84. The van der Waals surface area contributed by atoms with E-state index in [-0.39, 0.29) is 45.2 Å². The summed E-state index contributed by atoms with van der Waals surface area (Å²) in [4.78, 5) is 60.4. The van der Waals surface area contributed by atoms with Crippen molar-refractivity contribution in [3.63, 3.8) is 0 Å². The molecule has 10 nitrogen and oxygen atoms in total. The molecule has 4 rings (SSSR count). The zero-order valence-corrected chi connectivity index (χ0v) is 20.0. The molecule has 0 saturated heterocycles. The second-order valence-corrected chi connectivity index (χ2v) is 8.43. The molecule has 0 aliphatic heterocycles. The first kappa shape index (κ1) is 27.0. The average molecular weight is 541 g/mol. The molecule has 2 N–H and O–H groups in total. The molecular weight excluding hydrogens is 523 g/mol. The number of nitrogens with zero attached hydrogens (tertiary/aromatic N) is 1. The lowest BCUT2D eigenvalue weighted by molar-refractivity contribution is -0.384. The average Bonchev–Trinajstić information content (AvgIpc) is 2.89. The summed E-state index contributed by atoms with van der Waals surface area (Å²) < 4.78 is 43.5. The van der Waals surface area contributed by atoms with Crippen molar-refractivity contribution in [3.05, 3.63) is 98.6 Å². The van der Waals surface area contributed by atoms with E-state index in [0.717, 1.165) is 6.07 Å². The summed E-state index contributed by atoms with van der Waals surface area (Å²) in [5.41, 5.74) is -1.51. The molecule has 1 aliphatic rings. The standard InChI is InChI=1S/C26H18F3N3O7/c1-13(39-22(33)12-30-20-9-6-14(26(27,28)29)10-21(20)32(37)38)25(36)31-15-7-8-18-19(11-15)24(35)17-5-3-2-4-16(17)23(18)34/h2-11,13,30H,12H2,1H3,(H,31,36)/t13-/m0/s1. The minimum absolute atomic E-state index is 0.100. The zero-order chi connectivity index (χ0) is 28.5. The Hall–Kier alpha value is -5.07. The van der Waals surface area contributed by atoms with Gasteiger partial charge in [0.1, 0.15) is 12.2 Å². The van der Waals surface area contributed by atoms with Crippen molar-refractivity contribution in [1.29, 1.82) is 0 Å². The number of carbonyl (C=O) groups excluding carboxylic acids is 4. The van der Waals surface area contributed by atoms with Gasteiger partial charge >= 0.3 is 12.1 Å². The van der Waals surface area contributed by atoms with E-state index in [1.165, 1.54) is 31.2 Å². The molecule has 0 unspecified atom stereocenters. The smallest absolute Gasteiger partial charge is 0.416 e. The van der Waals surface area contributed by atoms with E-state index >= 15 is 0 Å². The van der Waals surface area contributed by atoms with Crippen LogP contribution in [-0.2, 0) is 20.5 Å². The molecule has 1 aliphatic carbocycles. The van der Waals surface area contributed by atoms with Crippen LogP contribution in [0.2, 0.25) is 0 Å². The number of halogens is 3. The van der Waals surface area contributed by atoms with Crippen LogP contribution < -0.4 is 10.6 Å². The summed E-state index contributed by atoms with van der Waals surface area (Å²) in [7, 11) is 0. The van der Waals surface area contributed by atoms with Gasteiger partial charge in [0.25, 0.3) is 11.6 Å². The Morgan fingerprint density at radius 3 is 2.18 bits per heavy atom. The fourth-order valence-corrected chi connectivity index (χ4v) is 3.89. The van der Waals surface area contributed by atoms with Crippen molar-refractivity contribution in [2.75, 3.05) is 17.2 Å². The van der Waals surface area contributed by atoms with Gasteiger partial charge in [-0.2, -0.15) is 13.2 Å². The minimum atomic E-state index is -4.80. The van der Waals surface area contributed by atoms with Gasteiger partial charge in [-0.05, 0) is 37.3 Å². The number of rotatable bonds is 7. The normalized spacial score (nSPS) is 13.1. The Labute approximate surface area is 217 Å². The number of ether oxygens (including phenoxy) is 1. The second kappa shape index (κ2) is 10.4. The summed E-state index contributed by atoms with van der Waals surface area (Å²) in [6, 6.07) is 12.3. The predicted molar refractivity (Wildman–Crippen MR) is 131 cm³/mol. The van der Waals surface area contributed by atoms with Crippen molar-refractivity contribution < 1.29 is 42.0 Å². The number of hydrogen-bond acceptors (Lipinski definition) is 8. The van der Waals surface area contributed by atoms with Crippen LogP contribution in [0.5, 0.6) is 0 Å². The number of alkyl halides is 3. The van der Waals surface area contributed by atoms with Gasteiger partial charge in [0.2, 0.25) is 0 Å². The van der Waals surface area contributed by atoms with Gasteiger partial charge in [-0.15, -0.1) is 0 Å². The van der Waals surface area contributed by atoms with Gasteiger partial charge in [-0.25, -0.2) is 0 Å². The first-order chi connectivity index (χ1) is 18.4. The molecule has 39 heavy (non-hydrogen) atoms. The van der Waals surface area contributed by atoms with Gasteiger partial charge in [-0.1, -0.05) is 24.3 Å². The maximum atomic E-state index is 12.9. The highest BCUT2D eigenvalue weighted by Gasteiger charge is 2.33. The molecule has 0 heterocycles. The predicted octanol–water partition coefficient (Wildman–Crippen LogP) is 4.37. The molecular formula is C26H18F3N3O7. The molecule has 0 saturated carbocycles. The van der Waals surface area contributed by atoms with Crippen molar-refractivity contribution in [2.45, 2.75) is 19.2 Å². The highest BCUT2D eigenvalue weighted by atomic mass is 19.4. The number of amides is 1. The van der Waals surface area contributed by atoms with Crippen molar-refractivity contribution in [1.82, 2.24) is 0 Å². The van der Waals surface area contributed by atoms with Crippen LogP contribution in [0.4, 0.5) is 30.2 Å². The summed E-state index contributed by atoms with van der Waals surface area (Å²) in [5.74, 6) is -2.52. The third-order valence-corrected chi connectivity index (χ3v) is 5.82. The third-order valence-electron chi connectivity index (χ3n) is 5.82. The lowest BCUT2D eigenvalue weighted by Crippen LogP contribution is -2.32. The summed E-state index contributed by atoms with van der Waals surface area (Å²) in [6.07, 6.45) is -6.15. The number of nitro groups is 1. The van der Waals surface area contributed by atoms with Crippen LogP contribution in [0.25, 0.3) is 0 Å². The largest absolute Gasteiger partial charge is 0.451 e. The van der Waals surface area contributed by atoms with E-state index in [2.05, 4.69) is 10.6 Å². The van der Waals surface area contributed by atoms with Crippen LogP contribution in [0.15, 0.2) is 60.7 Å². The van der Waals surface area contributed by atoms with Crippen LogP contribution in [-0.4, -0.2) is 41.0 Å². The molecule has 0 aromatic heterocycles. The number of nitro benzene ring substituents is 1. The first-order valence-electron chi connectivity index (χ1n) is 11.3. The molecule has 0 bridgehead atoms. The highest BCUT2D eigenvalue weighted by molar-refractivity contribution is 6.28. The molecule has 0 spiro atoms. The minimum Gasteiger partial charge on any atom is -0.451 e. The zero-order valence-electron chi connectivity index (χ0n) is 20.0. The number of ketones is 2. The van der Waals surface area contributed by atoms with E-state index in [1.54, 1.807) is 18.2 Å². The van der Waals surface area contributed by atoms with Crippen molar-refractivity contribution in [3.8, 4) is 0 Å². The quantitative estimate of drug-likeness (QED) is 0.199. The Morgan fingerprint density at radius 2 is 1.56 bits per heavy atom. The molecule has 3 aromatic rings. The van der Waals surface area contributed by atoms with Gasteiger partial charge in [0, 0.05) is 34.0 Å². The maximum Gasteiger partial charge on any atom is 0.416 e. The fourth-order valence-electron chi connectivity index (χ4n) is 3.89. The number of esters is 1. The summed E-state index contributed by atoms with van der Waals surface area (Å²) in [5, 5.41) is 16.0.